The zero-order valence-electron chi connectivity index (χ0n) is 10.0. The van der Waals surface area contributed by atoms with Crippen molar-refractivity contribution in [3.05, 3.63) is 45.1 Å². The summed E-state index contributed by atoms with van der Waals surface area (Å²) < 4.78 is 43.9. The van der Waals surface area contributed by atoms with Gasteiger partial charge in [0.05, 0.1) is 15.6 Å². The maximum absolute atomic E-state index is 12.9. The molecule has 0 aliphatic heterocycles. The Labute approximate surface area is 122 Å². The lowest BCUT2D eigenvalue weighted by Gasteiger charge is -2.15. The molecule has 20 heavy (non-hydrogen) atoms. The summed E-state index contributed by atoms with van der Waals surface area (Å²) in [6.45, 7) is 1.27. The SMILES string of the molecule is Cc1c(C(F)(F)F)cc(Cl)c(Cl)c1-c1ccc(C=O)o1. The number of hydrogen-bond donors (Lipinski definition) is 0. The number of carbonyl (C=O) groups excluding carboxylic acids is 1. The molecule has 0 aliphatic rings. The molecule has 0 unspecified atom stereocenters. The first-order valence-electron chi connectivity index (χ1n) is 5.37. The molecule has 0 saturated carbocycles. The van der Waals surface area contributed by atoms with E-state index in [2.05, 4.69) is 0 Å². The normalized spacial score (nSPS) is 11.7. The Bertz CT molecular complexity index is 675. The fourth-order valence-electron chi connectivity index (χ4n) is 1.85. The van der Waals surface area contributed by atoms with Crippen LogP contribution < -0.4 is 0 Å². The third-order valence-corrected chi connectivity index (χ3v) is 3.56. The van der Waals surface area contributed by atoms with Crippen LogP contribution in [0.3, 0.4) is 0 Å². The second-order valence-corrected chi connectivity index (χ2v) is 4.82. The highest BCUT2D eigenvalue weighted by molar-refractivity contribution is 6.43. The molecule has 0 bridgehead atoms. The molecule has 2 rings (SSSR count). The fraction of sp³-hybridized carbons (Fsp3) is 0.154. The van der Waals surface area contributed by atoms with Gasteiger partial charge in [0.15, 0.2) is 12.0 Å². The first-order valence-corrected chi connectivity index (χ1v) is 6.12. The van der Waals surface area contributed by atoms with Crippen molar-refractivity contribution in [2.24, 2.45) is 0 Å². The molecule has 0 atom stereocenters. The molecule has 0 fully saturated rings. The van der Waals surface area contributed by atoms with Crippen LogP contribution in [0.2, 0.25) is 10.0 Å². The topological polar surface area (TPSA) is 30.2 Å². The van der Waals surface area contributed by atoms with E-state index in [9.17, 15) is 18.0 Å². The second kappa shape index (κ2) is 5.14. The van der Waals surface area contributed by atoms with Crippen molar-refractivity contribution in [1.82, 2.24) is 0 Å². The van der Waals surface area contributed by atoms with Crippen molar-refractivity contribution in [2.45, 2.75) is 13.1 Å². The van der Waals surface area contributed by atoms with E-state index in [0.717, 1.165) is 6.07 Å². The third-order valence-electron chi connectivity index (χ3n) is 2.77. The molecule has 0 spiro atoms. The van der Waals surface area contributed by atoms with Crippen molar-refractivity contribution in [2.75, 3.05) is 0 Å². The van der Waals surface area contributed by atoms with E-state index in [0.29, 0.717) is 6.29 Å². The van der Waals surface area contributed by atoms with Gasteiger partial charge < -0.3 is 4.42 Å². The second-order valence-electron chi connectivity index (χ2n) is 4.04. The molecule has 106 valence electrons. The van der Waals surface area contributed by atoms with Gasteiger partial charge in [-0.05, 0) is 30.7 Å². The van der Waals surface area contributed by atoms with E-state index in [1.165, 1.54) is 19.1 Å². The van der Waals surface area contributed by atoms with E-state index in [-0.39, 0.29) is 32.7 Å². The predicted molar refractivity (Wildman–Crippen MR) is 69.3 cm³/mol. The highest BCUT2D eigenvalue weighted by Crippen LogP contribution is 2.43. The van der Waals surface area contributed by atoms with Gasteiger partial charge in [-0.3, -0.25) is 4.79 Å². The summed E-state index contributed by atoms with van der Waals surface area (Å²) in [6.07, 6.45) is -4.12. The van der Waals surface area contributed by atoms with Crippen molar-refractivity contribution >= 4 is 29.5 Å². The van der Waals surface area contributed by atoms with Crippen molar-refractivity contribution in [3.8, 4) is 11.3 Å². The first-order chi connectivity index (χ1) is 9.25. The number of benzene rings is 1. The summed E-state index contributed by atoms with van der Waals surface area (Å²) in [5.41, 5.74) is -0.982. The number of hydrogen-bond acceptors (Lipinski definition) is 2. The third kappa shape index (κ3) is 2.55. The van der Waals surface area contributed by atoms with Gasteiger partial charge in [-0.25, -0.2) is 0 Å². The lowest BCUT2D eigenvalue weighted by Crippen LogP contribution is -2.08. The van der Waals surface area contributed by atoms with Crippen LogP contribution in [0.1, 0.15) is 21.7 Å². The fourth-order valence-corrected chi connectivity index (χ4v) is 2.35. The van der Waals surface area contributed by atoms with Crippen LogP contribution in [0.4, 0.5) is 13.2 Å². The molecule has 7 heteroatoms. The Balaban J connectivity index is 2.74. The van der Waals surface area contributed by atoms with E-state index < -0.39 is 11.7 Å². The number of alkyl halides is 3. The van der Waals surface area contributed by atoms with Crippen molar-refractivity contribution in [3.63, 3.8) is 0 Å². The Kier molecular flexibility index (Phi) is 3.84. The Morgan fingerprint density at radius 2 is 1.90 bits per heavy atom. The number of carbonyl (C=O) groups is 1. The van der Waals surface area contributed by atoms with Crippen LogP contribution in [-0.2, 0) is 6.18 Å². The average molecular weight is 323 g/mol. The van der Waals surface area contributed by atoms with Gasteiger partial charge in [-0.15, -0.1) is 0 Å². The molecule has 0 N–H and O–H groups in total. The molecular formula is C13H7Cl2F3O2. The van der Waals surface area contributed by atoms with Crippen LogP contribution in [0.15, 0.2) is 22.6 Å². The predicted octanol–water partition coefficient (Wildman–Crippen LogP) is 5.39. The lowest BCUT2D eigenvalue weighted by molar-refractivity contribution is -0.138. The molecule has 0 saturated heterocycles. The summed E-state index contributed by atoms with van der Waals surface area (Å²) in [4.78, 5) is 10.6. The average Bonchev–Trinajstić information content (AvgIpc) is 2.81. The van der Waals surface area contributed by atoms with Crippen molar-refractivity contribution < 1.29 is 22.4 Å². The first kappa shape index (κ1) is 14.9. The van der Waals surface area contributed by atoms with Crippen LogP contribution in [0, 0.1) is 6.92 Å². The highest BCUT2D eigenvalue weighted by atomic mass is 35.5. The Hall–Kier alpha value is -1.46. The highest BCUT2D eigenvalue weighted by Gasteiger charge is 2.35. The Morgan fingerprint density at radius 3 is 2.40 bits per heavy atom. The van der Waals surface area contributed by atoms with Gasteiger partial charge in [-0.1, -0.05) is 23.2 Å². The van der Waals surface area contributed by atoms with Gasteiger partial charge in [0, 0.05) is 5.56 Å². The van der Waals surface area contributed by atoms with E-state index in [1.807, 2.05) is 0 Å². The minimum absolute atomic E-state index is 0.0102. The minimum atomic E-state index is -4.56. The monoisotopic (exact) mass is 322 g/mol. The van der Waals surface area contributed by atoms with E-state index in [1.54, 1.807) is 0 Å². The molecule has 1 heterocycles. The molecular weight excluding hydrogens is 316 g/mol. The molecule has 2 nitrogen and oxygen atoms in total. The number of rotatable bonds is 2. The quantitative estimate of drug-likeness (QED) is 0.693. The standard InChI is InChI=1S/C13H7Cl2F3O2/c1-6-8(13(16,17)18)4-9(14)12(15)11(6)10-3-2-7(5-19)20-10/h2-5H,1H3. The maximum atomic E-state index is 12.9. The smallest absolute Gasteiger partial charge is 0.416 e. The van der Waals surface area contributed by atoms with Crippen LogP contribution in [-0.4, -0.2) is 6.29 Å². The molecule has 1 aromatic carbocycles. The van der Waals surface area contributed by atoms with E-state index in [4.69, 9.17) is 27.6 Å². The summed E-state index contributed by atoms with van der Waals surface area (Å²) in [5.74, 6) is 0.0478. The largest absolute Gasteiger partial charge is 0.453 e. The maximum Gasteiger partial charge on any atom is 0.416 e. The van der Waals surface area contributed by atoms with Gasteiger partial charge >= 0.3 is 6.18 Å². The zero-order chi connectivity index (χ0) is 15.1. The molecule has 2 aromatic rings. The molecule has 1 aromatic heterocycles. The minimum Gasteiger partial charge on any atom is -0.453 e. The summed E-state index contributed by atoms with van der Waals surface area (Å²) in [6, 6.07) is 3.48. The van der Waals surface area contributed by atoms with Crippen LogP contribution >= 0.6 is 23.2 Å². The zero-order valence-corrected chi connectivity index (χ0v) is 11.5. The van der Waals surface area contributed by atoms with Crippen LogP contribution in [0.5, 0.6) is 0 Å². The summed E-state index contributed by atoms with van der Waals surface area (Å²) in [7, 11) is 0. The van der Waals surface area contributed by atoms with Crippen LogP contribution in [0.25, 0.3) is 11.3 Å². The molecule has 0 radical (unpaired) electrons. The molecule has 0 aliphatic carbocycles. The summed E-state index contributed by atoms with van der Waals surface area (Å²) in [5, 5.41) is -0.285. The van der Waals surface area contributed by atoms with Gasteiger partial charge in [0.25, 0.3) is 0 Å². The number of halogens is 5. The van der Waals surface area contributed by atoms with E-state index >= 15 is 0 Å². The van der Waals surface area contributed by atoms with Gasteiger partial charge in [0.1, 0.15) is 5.76 Å². The number of aldehydes is 1. The summed E-state index contributed by atoms with van der Waals surface area (Å²) >= 11 is 11.7. The van der Waals surface area contributed by atoms with Crippen molar-refractivity contribution in [1.29, 1.82) is 0 Å². The molecule has 0 amide bonds. The lowest BCUT2D eigenvalue weighted by atomic mass is 10.00. The van der Waals surface area contributed by atoms with Gasteiger partial charge in [-0.2, -0.15) is 13.2 Å². The van der Waals surface area contributed by atoms with Gasteiger partial charge in [0.2, 0.25) is 0 Å². The number of furan rings is 1. The Morgan fingerprint density at radius 1 is 1.25 bits per heavy atom.